The topological polar surface area (TPSA) is 69.6 Å². The summed E-state index contributed by atoms with van der Waals surface area (Å²) in [6, 6.07) is -0.643. The van der Waals surface area contributed by atoms with Crippen molar-refractivity contribution >= 4 is 5.91 Å². The van der Waals surface area contributed by atoms with E-state index in [1.807, 2.05) is 6.08 Å². The average molecular weight is 1060 g/mol. The van der Waals surface area contributed by atoms with Gasteiger partial charge in [-0.2, -0.15) is 0 Å². The molecule has 0 aromatic rings. The Kier molecular flexibility index (Phi) is 64.2. The summed E-state index contributed by atoms with van der Waals surface area (Å²) in [5.41, 5.74) is 0. The number of allylic oxidation sites excluding steroid dienone is 15. The summed E-state index contributed by atoms with van der Waals surface area (Å²) in [4.78, 5) is 12.5. The van der Waals surface area contributed by atoms with Gasteiger partial charge in [0.15, 0.2) is 0 Å². The molecule has 0 aromatic carbocycles. The fourth-order valence-corrected chi connectivity index (χ4v) is 10.0. The summed E-state index contributed by atoms with van der Waals surface area (Å²) in [6.07, 6.45) is 99.1. The Morgan fingerprint density at radius 3 is 0.921 bits per heavy atom. The molecule has 2 atom stereocenters. The number of rotatable bonds is 61. The van der Waals surface area contributed by atoms with E-state index in [0.29, 0.717) is 6.42 Å². The van der Waals surface area contributed by atoms with E-state index in [-0.39, 0.29) is 12.5 Å². The molecule has 0 aliphatic heterocycles. The summed E-state index contributed by atoms with van der Waals surface area (Å²) in [7, 11) is 0. The van der Waals surface area contributed by atoms with Crippen LogP contribution in [0.3, 0.4) is 0 Å². The first kappa shape index (κ1) is 73.3. The van der Waals surface area contributed by atoms with Gasteiger partial charge >= 0.3 is 0 Å². The number of unbranched alkanes of at least 4 members (excludes halogenated alkanes) is 40. The Labute approximate surface area is 474 Å². The molecule has 0 aliphatic rings. The molecule has 0 heterocycles. The zero-order chi connectivity index (χ0) is 54.8. The molecule has 4 nitrogen and oxygen atoms in total. The molecule has 76 heavy (non-hydrogen) atoms. The van der Waals surface area contributed by atoms with E-state index in [9.17, 15) is 15.0 Å². The zero-order valence-corrected chi connectivity index (χ0v) is 50.8. The minimum atomic E-state index is -0.866. The van der Waals surface area contributed by atoms with E-state index in [2.05, 4.69) is 104 Å². The molecule has 3 N–H and O–H groups in total. The van der Waals surface area contributed by atoms with Gasteiger partial charge in [-0.15, -0.1) is 0 Å². The molecular weight excluding hydrogens is 927 g/mol. The summed E-state index contributed by atoms with van der Waals surface area (Å²) < 4.78 is 0. The van der Waals surface area contributed by atoms with Crippen LogP contribution in [0, 0.1) is 0 Å². The monoisotopic (exact) mass is 1060 g/mol. The number of aliphatic hydroxyl groups excluding tert-OH is 2. The largest absolute Gasteiger partial charge is 0.394 e. The van der Waals surface area contributed by atoms with Gasteiger partial charge in [-0.3, -0.25) is 4.79 Å². The Morgan fingerprint density at radius 2 is 0.592 bits per heavy atom. The Balaban J connectivity index is 3.49. The lowest BCUT2D eigenvalue weighted by Gasteiger charge is -2.19. The van der Waals surface area contributed by atoms with E-state index in [1.54, 1.807) is 6.08 Å². The quantitative estimate of drug-likeness (QED) is 0.0420. The van der Waals surface area contributed by atoms with Gasteiger partial charge in [-0.05, 0) is 83.5 Å². The van der Waals surface area contributed by atoms with Crippen molar-refractivity contribution < 1.29 is 15.0 Å². The molecule has 0 spiro atoms. The van der Waals surface area contributed by atoms with Crippen LogP contribution >= 0.6 is 0 Å². The molecule has 440 valence electrons. The molecular formula is C72H129NO3. The van der Waals surface area contributed by atoms with Crippen molar-refractivity contribution in [2.24, 2.45) is 0 Å². The van der Waals surface area contributed by atoms with E-state index in [0.717, 1.165) is 70.6 Å². The first-order chi connectivity index (χ1) is 37.7. The van der Waals surface area contributed by atoms with E-state index in [4.69, 9.17) is 0 Å². The van der Waals surface area contributed by atoms with Crippen LogP contribution in [0.4, 0.5) is 0 Å². The molecule has 2 unspecified atom stereocenters. The molecule has 0 saturated heterocycles. The molecule has 0 radical (unpaired) electrons. The normalized spacial score (nSPS) is 13.4. The van der Waals surface area contributed by atoms with Gasteiger partial charge in [0.05, 0.1) is 18.8 Å². The third kappa shape index (κ3) is 62.2. The van der Waals surface area contributed by atoms with Crippen LogP contribution in [0.2, 0.25) is 0 Å². The van der Waals surface area contributed by atoms with Gasteiger partial charge in [-0.25, -0.2) is 0 Å². The Hall–Kier alpha value is -2.69. The molecule has 0 rings (SSSR count). The number of hydrogen-bond acceptors (Lipinski definition) is 3. The number of hydrogen-bond donors (Lipinski definition) is 3. The smallest absolute Gasteiger partial charge is 0.220 e. The molecule has 0 aliphatic carbocycles. The van der Waals surface area contributed by atoms with Gasteiger partial charge in [0.2, 0.25) is 5.91 Å². The van der Waals surface area contributed by atoms with Crippen molar-refractivity contribution in [2.75, 3.05) is 6.61 Å². The highest BCUT2D eigenvalue weighted by molar-refractivity contribution is 5.76. The van der Waals surface area contributed by atoms with E-state index in [1.165, 1.54) is 244 Å². The lowest BCUT2D eigenvalue weighted by atomic mass is 10.0. The summed E-state index contributed by atoms with van der Waals surface area (Å²) in [6.45, 7) is 4.21. The molecule has 0 bridgehead atoms. The maximum Gasteiger partial charge on any atom is 0.220 e. The van der Waals surface area contributed by atoms with Crippen LogP contribution < -0.4 is 5.32 Å². The van der Waals surface area contributed by atoms with Crippen molar-refractivity contribution in [1.29, 1.82) is 0 Å². The predicted molar refractivity (Wildman–Crippen MR) is 340 cm³/mol. The van der Waals surface area contributed by atoms with Gasteiger partial charge in [-0.1, -0.05) is 342 Å². The highest BCUT2D eigenvalue weighted by atomic mass is 16.3. The molecule has 0 saturated carbocycles. The van der Waals surface area contributed by atoms with Crippen LogP contribution in [0.1, 0.15) is 335 Å². The highest BCUT2D eigenvalue weighted by Gasteiger charge is 2.18. The zero-order valence-electron chi connectivity index (χ0n) is 50.8. The van der Waals surface area contributed by atoms with Crippen molar-refractivity contribution in [2.45, 2.75) is 347 Å². The summed E-state index contributed by atoms with van der Waals surface area (Å²) in [5, 5.41) is 23.2. The summed E-state index contributed by atoms with van der Waals surface area (Å²) in [5.74, 6) is -0.0704. The number of carbonyl (C=O) groups excluding carboxylic acids is 1. The first-order valence-electron chi connectivity index (χ1n) is 33.5. The van der Waals surface area contributed by atoms with Crippen LogP contribution in [-0.4, -0.2) is 34.9 Å². The van der Waals surface area contributed by atoms with Crippen molar-refractivity contribution in [3.63, 3.8) is 0 Å². The lowest BCUT2D eigenvalue weighted by Crippen LogP contribution is -2.45. The third-order valence-electron chi connectivity index (χ3n) is 15.1. The average Bonchev–Trinajstić information content (AvgIpc) is 3.42. The second-order valence-electron chi connectivity index (χ2n) is 22.5. The van der Waals surface area contributed by atoms with Crippen molar-refractivity contribution in [3.05, 3.63) is 97.2 Å². The standard InChI is InChI=1S/C72H129NO3/c1-3-5-7-9-11-13-15-17-19-21-23-25-27-29-30-31-32-33-34-35-36-37-38-39-40-41-42-44-46-48-50-52-54-56-58-60-62-64-66-68-72(76)73-70(69-74)71(75)67-65-63-61-59-57-55-53-51-49-47-45-43-28-26-24-22-20-18-16-14-12-10-8-6-4-2/h5,7,11,13,17,19,23,25,29-30,32-33,57,59,65,67,70-71,74-75H,3-4,6,8-10,12,14-16,18,20-22,24,26-28,31,34-56,58,60-64,66,68-69H2,1-2H3,(H,73,76)/b7-5-,13-11-,19-17-,25-23-,30-29-,33-32-,59-57+,67-65+. The van der Waals surface area contributed by atoms with Crippen LogP contribution in [-0.2, 0) is 4.79 Å². The second kappa shape index (κ2) is 66.6. The van der Waals surface area contributed by atoms with Gasteiger partial charge in [0.25, 0.3) is 0 Å². The highest BCUT2D eigenvalue weighted by Crippen LogP contribution is 2.18. The van der Waals surface area contributed by atoms with E-state index < -0.39 is 12.1 Å². The molecule has 0 fully saturated rings. The van der Waals surface area contributed by atoms with Crippen LogP contribution in [0.25, 0.3) is 0 Å². The van der Waals surface area contributed by atoms with Crippen LogP contribution in [0.15, 0.2) is 97.2 Å². The molecule has 0 aromatic heterocycles. The van der Waals surface area contributed by atoms with Gasteiger partial charge in [0, 0.05) is 6.42 Å². The first-order valence-corrected chi connectivity index (χ1v) is 33.5. The minimum absolute atomic E-state index is 0.0704. The lowest BCUT2D eigenvalue weighted by molar-refractivity contribution is -0.123. The maximum absolute atomic E-state index is 12.5. The summed E-state index contributed by atoms with van der Waals surface area (Å²) >= 11 is 0. The Bertz CT molecular complexity index is 1380. The van der Waals surface area contributed by atoms with Crippen molar-refractivity contribution in [3.8, 4) is 0 Å². The number of amides is 1. The maximum atomic E-state index is 12.5. The van der Waals surface area contributed by atoms with E-state index >= 15 is 0 Å². The van der Waals surface area contributed by atoms with Crippen molar-refractivity contribution in [1.82, 2.24) is 5.32 Å². The number of carbonyl (C=O) groups is 1. The fourth-order valence-electron chi connectivity index (χ4n) is 10.0. The minimum Gasteiger partial charge on any atom is -0.394 e. The predicted octanol–water partition coefficient (Wildman–Crippen LogP) is 22.8. The van der Waals surface area contributed by atoms with Gasteiger partial charge < -0.3 is 15.5 Å². The fraction of sp³-hybridized carbons (Fsp3) is 0.764. The van der Waals surface area contributed by atoms with Crippen LogP contribution in [0.5, 0.6) is 0 Å². The number of nitrogens with one attached hydrogen (secondary N) is 1. The Morgan fingerprint density at radius 1 is 0.329 bits per heavy atom. The van der Waals surface area contributed by atoms with Gasteiger partial charge in [0.1, 0.15) is 0 Å². The number of aliphatic hydroxyl groups is 2. The molecule has 1 amide bonds. The SMILES string of the molecule is CC/C=C\C/C=C\C/C=C\C/C=C\C/C=C\C/C=C\CCCCCCCCCCCCCCCCCCCCCCC(=O)NC(CO)C(O)/C=C/CC/C=C/CCCCCCCCCCCCCCCCCCCCC. The second-order valence-corrected chi connectivity index (χ2v) is 22.5. The third-order valence-corrected chi connectivity index (χ3v) is 15.1. The molecule has 4 heteroatoms.